The van der Waals surface area contributed by atoms with Crippen LogP contribution in [0, 0.1) is 0 Å². The molecule has 0 amide bonds. The van der Waals surface area contributed by atoms with Gasteiger partial charge in [-0.25, -0.2) is 9.97 Å². The molecule has 2 rings (SSSR count). The van der Waals surface area contributed by atoms with Crippen molar-refractivity contribution in [2.45, 2.75) is 25.8 Å². The van der Waals surface area contributed by atoms with Gasteiger partial charge < -0.3 is 0 Å². The Hall–Kier alpha value is -1.81. The lowest BCUT2D eigenvalue weighted by molar-refractivity contribution is 0.254. The average Bonchev–Trinajstić information content (AvgIpc) is 2.48. The van der Waals surface area contributed by atoms with Gasteiger partial charge in [-0.1, -0.05) is 6.07 Å². The Labute approximate surface area is 114 Å². The van der Waals surface area contributed by atoms with Crippen LogP contribution < -0.4 is 0 Å². The summed E-state index contributed by atoms with van der Waals surface area (Å²) in [6.07, 6.45) is 9.34. The molecule has 0 aliphatic heterocycles. The molecule has 19 heavy (non-hydrogen) atoms. The summed E-state index contributed by atoms with van der Waals surface area (Å²) in [5.41, 5.74) is 2.37. The van der Waals surface area contributed by atoms with Crippen LogP contribution in [0.15, 0.2) is 43.1 Å². The summed E-state index contributed by atoms with van der Waals surface area (Å²) in [6.45, 7) is 3.21. The fourth-order valence-electron chi connectivity index (χ4n) is 2.05. The largest absolute Gasteiger partial charge is 0.298 e. The van der Waals surface area contributed by atoms with Crippen molar-refractivity contribution in [3.63, 3.8) is 0 Å². The third-order valence-electron chi connectivity index (χ3n) is 3.39. The van der Waals surface area contributed by atoms with Crippen molar-refractivity contribution in [2.75, 3.05) is 13.6 Å². The summed E-state index contributed by atoms with van der Waals surface area (Å²) < 4.78 is 0. The molecule has 4 nitrogen and oxygen atoms in total. The van der Waals surface area contributed by atoms with Crippen LogP contribution in [0.5, 0.6) is 0 Å². The predicted octanol–water partition coefficient (Wildman–Crippen LogP) is 2.50. The van der Waals surface area contributed by atoms with E-state index in [-0.39, 0.29) is 0 Å². The minimum absolute atomic E-state index is 0.317. The minimum Gasteiger partial charge on any atom is -0.298 e. The second kappa shape index (κ2) is 6.95. The van der Waals surface area contributed by atoms with Crippen molar-refractivity contribution in [2.24, 2.45) is 0 Å². The normalized spacial score (nSPS) is 12.6. The van der Waals surface area contributed by atoms with Crippen molar-refractivity contribution in [1.29, 1.82) is 0 Å². The lowest BCUT2D eigenvalue weighted by atomic mass is 10.1. The Morgan fingerprint density at radius 3 is 2.79 bits per heavy atom. The van der Waals surface area contributed by atoms with E-state index in [2.05, 4.69) is 39.9 Å². The first kappa shape index (κ1) is 13.6. The van der Waals surface area contributed by atoms with E-state index in [0.29, 0.717) is 6.04 Å². The van der Waals surface area contributed by atoms with Crippen LogP contribution in [0.2, 0.25) is 0 Å². The smallest absolute Gasteiger partial charge is 0.115 e. The van der Waals surface area contributed by atoms with Gasteiger partial charge in [-0.05, 0) is 51.1 Å². The first-order chi connectivity index (χ1) is 9.27. The van der Waals surface area contributed by atoms with Crippen molar-refractivity contribution in [3.05, 3.63) is 54.4 Å². The molecular formula is C15H20N4. The Morgan fingerprint density at radius 1 is 1.21 bits per heavy atom. The molecule has 0 fully saturated rings. The molecule has 0 saturated heterocycles. The van der Waals surface area contributed by atoms with E-state index in [1.807, 2.05) is 24.5 Å². The molecule has 0 N–H and O–H groups in total. The van der Waals surface area contributed by atoms with Crippen LogP contribution in [0.4, 0.5) is 0 Å². The molecule has 1 atom stereocenters. The molecule has 0 aliphatic carbocycles. The highest BCUT2D eigenvalue weighted by Gasteiger charge is 2.11. The number of nitrogens with zero attached hydrogens (tertiary/aromatic N) is 4. The molecule has 0 spiro atoms. The number of aromatic nitrogens is 3. The zero-order chi connectivity index (χ0) is 13.5. The van der Waals surface area contributed by atoms with E-state index in [1.165, 1.54) is 5.56 Å². The Bertz CT molecular complexity index is 472. The van der Waals surface area contributed by atoms with Gasteiger partial charge >= 0.3 is 0 Å². The van der Waals surface area contributed by atoms with Gasteiger partial charge in [-0.3, -0.25) is 9.88 Å². The van der Waals surface area contributed by atoms with E-state index in [4.69, 9.17) is 0 Å². The highest BCUT2D eigenvalue weighted by Crippen LogP contribution is 2.15. The molecule has 100 valence electrons. The van der Waals surface area contributed by atoms with Crippen molar-refractivity contribution >= 4 is 0 Å². The van der Waals surface area contributed by atoms with Crippen LogP contribution >= 0.6 is 0 Å². The standard InChI is InChI=1S/C15H20N4/c1-13(15-7-9-17-12-18-15)19(2)10-4-6-14-5-3-8-16-11-14/h3,5,7-9,11-13H,4,6,10H2,1-2H3/t13-/m1/s1. The van der Waals surface area contributed by atoms with Crippen LogP contribution in [-0.4, -0.2) is 33.4 Å². The first-order valence-corrected chi connectivity index (χ1v) is 6.62. The van der Waals surface area contributed by atoms with Crippen LogP contribution in [0.25, 0.3) is 0 Å². The van der Waals surface area contributed by atoms with Crippen LogP contribution in [0.3, 0.4) is 0 Å². The molecule has 2 aromatic rings. The quantitative estimate of drug-likeness (QED) is 0.796. The van der Waals surface area contributed by atoms with E-state index in [1.54, 1.807) is 12.5 Å². The molecule has 0 aliphatic rings. The molecule has 0 aromatic carbocycles. The van der Waals surface area contributed by atoms with Gasteiger partial charge in [0.15, 0.2) is 0 Å². The molecule has 4 heteroatoms. The van der Waals surface area contributed by atoms with E-state index in [0.717, 1.165) is 25.1 Å². The second-order valence-corrected chi connectivity index (χ2v) is 4.76. The molecular weight excluding hydrogens is 236 g/mol. The van der Waals surface area contributed by atoms with Gasteiger partial charge in [-0.2, -0.15) is 0 Å². The van der Waals surface area contributed by atoms with Gasteiger partial charge in [0, 0.05) is 24.6 Å². The lowest BCUT2D eigenvalue weighted by Crippen LogP contribution is -2.24. The van der Waals surface area contributed by atoms with Crippen LogP contribution in [-0.2, 0) is 6.42 Å². The maximum absolute atomic E-state index is 4.30. The summed E-state index contributed by atoms with van der Waals surface area (Å²) in [6, 6.07) is 6.41. The number of hydrogen-bond acceptors (Lipinski definition) is 4. The van der Waals surface area contributed by atoms with Gasteiger partial charge in [0.1, 0.15) is 6.33 Å². The summed E-state index contributed by atoms with van der Waals surface area (Å²) >= 11 is 0. The molecule has 0 unspecified atom stereocenters. The van der Waals surface area contributed by atoms with Crippen molar-refractivity contribution in [1.82, 2.24) is 19.9 Å². The Balaban J connectivity index is 1.80. The zero-order valence-electron chi connectivity index (χ0n) is 11.5. The second-order valence-electron chi connectivity index (χ2n) is 4.76. The highest BCUT2D eigenvalue weighted by atomic mass is 15.1. The fraction of sp³-hybridized carbons (Fsp3) is 0.400. The zero-order valence-corrected chi connectivity index (χ0v) is 11.5. The van der Waals surface area contributed by atoms with E-state index in [9.17, 15) is 0 Å². The molecule has 2 aromatic heterocycles. The summed E-state index contributed by atoms with van der Waals surface area (Å²) in [5.74, 6) is 0. The third kappa shape index (κ3) is 4.10. The maximum atomic E-state index is 4.30. The SMILES string of the molecule is C[C@H](c1ccncn1)N(C)CCCc1cccnc1. The Morgan fingerprint density at radius 2 is 2.11 bits per heavy atom. The maximum Gasteiger partial charge on any atom is 0.115 e. The highest BCUT2D eigenvalue weighted by molar-refractivity contribution is 5.08. The molecule has 0 radical (unpaired) electrons. The summed E-state index contributed by atoms with van der Waals surface area (Å²) in [5, 5.41) is 0. The molecule has 0 bridgehead atoms. The van der Waals surface area contributed by atoms with Gasteiger partial charge in [0.05, 0.1) is 5.69 Å². The molecule has 0 saturated carbocycles. The lowest BCUT2D eigenvalue weighted by Gasteiger charge is -2.23. The Kier molecular flexibility index (Phi) is 4.98. The topological polar surface area (TPSA) is 41.9 Å². The van der Waals surface area contributed by atoms with E-state index >= 15 is 0 Å². The minimum atomic E-state index is 0.317. The number of aryl methyl sites for hydroxylation is 1. The molecule has 2 heterocycles. The summed E-state index contributed by atoms with van der Waals surface area (Å²) in [7, 11) is 2.13. The fourth-order valence-corrected chi connectivity index (χ4v) is 2.05. The van der Waals surface area contributed by atoms with Gasteiger partial charge in [0.2, 0.25) is 0 Å². The monoisotopic (exact) mass is 256 g/mol. The number of hydrogen-bond donors (Lipinski definition) is 0. The number of pyridine rings is 1. The number of rotatable bonds is 6. The van der Waals surface area contributed by atoms with Gasteiger partial charge in [0.25, 0.3) is 0 Å². The van der Waals surface area contributed by atoms with Gasteiger partial charge in [-0.15, -0.1) is 0 Å². The van der Waals surface area contributed by atoms with Crippen LogP contribution in [0.1, 0.15) is 30.6 Å². The predicted molar refractivity (Wildman–Crippen MR) is 75.6 cm³/mol. The third-order valence-corrected chi connectivity index (χ3v) is 3.39. The van der Waals surface area contributed by atoms with E-state index < -0.39 is 0 Å². The van der Waals surface area contributed by atoms with Crippen molar-refractivity contribution in [3.8, 4) is 0 Å². The first-order valence-electron chi connectivity index (χ1n) is 6.62. The average molecular weight is 256 g/mol. The van der Waals surface area contributed by atoms with Crippen molar-refractivity contribution < 1.29 is 0 Å². The summed E-state index contributed by atoms with van der Waals surface area (Å²) in [4.78, 5) is 14.7.